The van der Waals surface area contributed by atoms with Crippen molar-refractivity contribution in [2.24, 2.45) is 0 Å². The third-order valence-corrected chi connectivity index (χ3v) is 4.08. The van der Waals surface area contributed by atoms with Crippen LogP contribution in [-0.4, -0.2) is 29.2 Å². The van der Waals surface area contributed by atoms with Crippen LogP contribution in [-0.2, 0) is 20.7 Å². The highest BCUT2D eigenvalue weighted by Crippen LogP contribution is 2.17. The zero-order valence-electron chi connectivity index (χ0n) is 16.1. The van der Waals surface area contributed by atoms with Gasteiger partial charge in [0.15, 0.2) is 12.4 Å². The summed E-state index contributed by atoms with van der Waals surface area (Å²) < 4.78 is 4.85. The lowest BCUT2D eigenvalue weighted by atomic mass is 10.0. The van der Waals surface area contributed by atoms with Crippen LogP contribution in [0.25, 0.3) is 0 Å². The predicted octanol–water partition coefficient (Wildman–Crippen LogP) is 3.69. The number of hydrogen-bond acceptors (Lipinski definition) is 6. The van der Waals surface area contributed by atoms with Gasteiger partial charge in [-0.25, -0.2) is 0 Å². The van der Waals surface area contributed by atoms with Crippen molar-refractivity contribution in [1.29, 1.82) is 0 Å². The molecule has 0 aromatic heterocycles. The zero-order chi connectivity index (χ0) is 21.2. The number of nitro benzene ring substituents is 1. The Balaban J connectivity index is 1.74. The predicted molar refractivity (Wildman–Crippen MR) is 107 cm³/mol. The molecular weight excluding hydrogens is 376 g/mol. The molecule has 0 saturated carbocycles. The van der Waals surface area contributed by atoms with Crippen LogP contribution >= 0.6 is 0 Å². The van der Waals surface area contributed by atoms with Crippen LogP contribution in [0.4, 0.5) is 11.4 Å². The summed E-state index contributed by atoms with van der Waals surface area (Å²) >= 11 is 0. The maximum absolute atomic E-state index is 12.1. The minimum absolute atomic E-state index is 0.0154. The summed E-state index contributed by atoms with van der Waals surface area (Å²) in [5, 5.41) is 13.1. The summed E-state index contributed by atoms with van der Waals surface area (Å²) in [6.07, 6.45) is 1.81. The van der Waals surface area contributed by atoms with E-state index in [0.29, 0.717) is 5.56 Å². The lowest BCUT2D eigenvalue weighted by molar-refractivity contribution is -0.384. The standard InChI is InChI=1S/C21H22N2O6/c1-2-4-15-7-9-16(10-8-15)19(24)11-12-21(26)29-14-20(25)22-17-5-3-6-18(13-17)23(27)28/h3,5-10,13H,2,4,11-12,14H2,1H3,(H,22,25). The number of ketones is 1. The second-order valence-electron chi connectivity index (χ2n) is 6.39. The number of ether oxygens (including phenoxy) is 1. The molecule has 2 rings (SSSR count). The van der Waals surface area contributed by atoms with Gasteiger partial charge in [0.25, 0.3) is 11.6 Å². The van der Waals surface area contributed by atoms with E-state index in [9.17, 15) is 24.5 Å². The van der Waals surface area contributed by atoms with Crippen LogP contribution in [0.3, 0.4) is 0 Å². The number of carbonyl (C=O) groups is 3. The van der Waals surface area contributed by atoms with Gasteiger partial charge >= 0.3 is 5.97 Å². The molecule has 8 heteroatoms. The molecule has 0 aliphatic heterocycles. The molecule has 152 valence electrons. The molecule has 29 heavy (non-hydrogen) atoms. The lowest BCUT2D eigenvalue weighted by Gasteiger charge is -2.07. The van der Waals surface area contributed by atoms with E-state index in [-0.39, 0.29) is 30.0 Å². The van der Waals surface area contributed by atoms with E-state index in [2.05, 4.69) is 12.2 Å². The number of nitro groups is 1. The van der Waals surface area contributed by atoms with Gasteiger partial charge in [-0.1, -0.05) is 43.7 Å². The van der Waals surface area contributed by atoms with Gasteiger partial charge in [-0.2, -0.15) is 0 Å². The van der Waals surface area contributed by atoms with Gasteiger partial charge < -0.3 is 10.1 Å². The Morgan fingerprint density at radius 3 is 2.45 bits per heavy atom. The van der Waals surface area contributed by atoms with E-state index < -0.39 is 23.4 Å². The van der Waals surface area contributed by atoms with E-state index in [1.54, 1.807) is 12.1 Å². The Kier molecular flexibility index (Phi) is 8.02. The van der Waals surface area contributed by atoms with E-state index in [1.807, 2.05) is 12.1 Å². The van der Waals surface area contributed by atoms with Crippen molar-refractivity contribution in [3.63, 3.8) is 0 Å². The first kappa shape index (κ1) is 21.7. The number of rotatable bonds is 10. The highest BCUT2D eigenvalue weighted by atomic mass is 16.6. The van der Waals surface area contributed by atoms with Crippen molar-refractivity contribution in [2.45, 2.75) is 32.6 Å². The molecular formula is C21H22N2O6. The highest BCUT2D eigenvalue weighted by Gasteiger charge is 2.13. The molecule has 0 unspecified atom stereocenters. The average Bonchev–Trinajstić information content (AvgIpc) is 2.71. The second-order valence-corrected chi connectivity index (χ2v) is 6.39. The largest absolute Gasteiger partial charge is 0.456 e. The summed E-state index contributed by atoms with van der Waals surface area (Å²) in [6.45, 7) is 1.54. The Morgan fingerprint density at radius 2 is 1.79 bits per heavy atom. The van der Waals surface area contributed by atoms with Gasteiger partial charge in [0.2, 0.25) is 0 Å². The number of hydrogen-bond donors (Lipinski definition) is 1. The molecule has 0 spiro atoms. The molecule has 0 bridgehead atoms. The van der Waals surface area contributed by atoms with Crippen LogP contribution in [0.5, 0.6) is 0 Å². The summed E-state index contributed by atoms with van der Waals surface area (Å²) in [4.78, 5) is 45.9. The molecule has 2 aromatic rings. The Labute approximate surface area is 168 Å². The number of nitrogens with zero attached hydrogens (tertiary/aromatic N) is 1. The minimum atomic E-state index is -0.671. The highest BCUT2D eigenvalue weighted by molar-refractivity contribution is 5.98. The SMILES string of the molecule is CCCc1ccc(C(=O)CCC(=O)OCC(=O)Nc2cccc([N+](=O)[O-])c2)cc1. The number of aryl methyl sites for hydroxylation is 1. The molecule has 0 aliphatic carbocycles. The molecule has 1 N–H and O–H groups in total. The van der Waals surface area contributed by atoms with Crippen molar-refractivity contribution in [1.82, 2.24) is 0 Å². The molecule has 0 saturated heterocycles. The van der Waals surface area contributed by atoms with Crippen LogP contribution in [0, 0.1) is 10.1 Å². The first-order valence-electron chi connectivity index (χ1n) is 9.21. The fourth-order valence-corrected chi connectivity index (χ4v) is 2.62. The van der Waals surface area contributed by atoms with Crippen molar-refractivity contribution >= 4 is 29.0 Å². The van der Waals surface area contributed by atoms with Crippen LogP contribution in [0.15, 0.2) is 48.5 Å². The maximum Gasteiger partial charge on any atom is 0.306 e. The molecule has 8 nitrogen and oxygen atoms in total. The number of anilines is 1. The van der Waals surface area contributed by atoms with Gasteiger partial charge in [0, 0.05) is 29.8 Å². The lowest BCUT2D eigenvalue weighted by Crippen LogP contribution is -2.21. The molecule has 0 aliphatic rings. The number of benzene rings is 2. The fourth-order valence-electron chi connectivity index (χ4n) is 2.62. The van der Waals surface area contributed by atoms with Gasteiger partial charge in [0.1, 0.15) is 0 Å². The quantitative estimate of drug-likeness (QED) is 0.282. The molecule has 0 atom stereocenters. The van der Waals surface area contributed by atoms with Crippen LogP contribution in [0.2, 0.25) is 0 Å². The summed E-state index contributed by atoms with van der Waals surface area (Å²) in [5.74, 6) is -1.47. The second kappa shape index (κ2) is 10.7. The van der Waals surface area contributed by atoms with Crippen molar-refractivity contribution in [3.05, 3.63) is 69.8 Å². The smallest absolute Gasteiger partial charge is 0.306 e. The van der Waals surface area contributed by atoms with E-state index in [1.165, 1.54) is 24.3 Å². The monoisotopic (exact) mass is 398 g/mol. The number of esters is 1. The normalized spacial score (nSPS) is 10.2. The van der Waals surface area contributed by atoms with E-state index in [4.69, 9.17) is 4.74 Å². The number of Topliss-reactive ketones (excluding diaryl/α,β-unsaturated/α-hetero) is 1. The Bertz CT molecular complexity index is 892. The van der Waals surface area contributed by atoms with Gasteiger partial charge in [0.05, 0.1) is 11.3 Å². The third kappa shape index (κ3) is 7.17. The van der Waals surface area contributed by atoms with Gasteiger partial charge in [-0.3, -0.25) is 24.5 Å². The fraction of sp³-hybridized carbons (Fsp3) is 0.286. The van der Waals surface area contributed by atoms with Gasteiger partial charge in [-0.15, -0.1) is 0 Å². The number of amides is 1. The van der Waals surface area contributed by atoms with Crippen molar-refractivity contribution in [3.8, 4) is 0 Å². The summed E-state index contributed by atoms with van der Waals surface area (Å²) in [5.41, 5.74) is 1.74. The zero-order valence-corrected chi connectivity index (χ0v) is 16.1. The molecule has 0 heterocycles. The number of non-ortho nitro benzene ring substituents is 1. The average molecular weight is 398 g/mol. The first-order chi connectivity index (χ1) is 13.9. The third-order valence-electron chi connectivity index (χ3n) is 4.08. The molecule has 1 amide bonds. The number of nitrogens with one attached hydrogen (secondary N) is 1. The first-order valence-corrected chi connectivity index (χ1v) is 9.21. The van der Waals surface area contributed by atoms with Crippen molar-refractivity contribution in [2.75, 3.05) is 11.9 Å². The summed E-state index contributed by atoms with van der Waals surface area (Å²) in [7, 11) is 0. The Hall–Kier alpha value is -3.55. The maximum atomic E-state index is 12.1. The Morgan fingerprint density at radius 1 is 1.07 bits per heavy atom. The van der Waals surface area contributed by atoms with Crippen LogP contribution in [0.1, 0.15) is 42.1 Å². The summed E-state index contributed by atoms with van der Waals surface area (Å²) in [6, 6.07) is 12.7. The van der Waals surface area contributed by atoms with Crippen LogP contribution < -0.4 is 5.32 Å². The van der Waals surface area contributed by atoms with Crippen molar-refractivity contribution < 1.29 is 24.0 Å². The van der Waals surface area contributed by atoms with Gasteiger partial charge in [-0.05, 0) is 18.1 Å². The topological polar surface area (TPSA) is 116 Å². The molecule has 2 aromatic carbocycles. The number of carbonyl (C=O) groups excluding carboxylic acids is 3. The molecule has 0 radical (unpaired) electrons. The van der Waals surface area contributed by atoms with E-state index in [0.717, 1.165) is 18.4 Å². The van der Waals surface area contributed by atoms with E-state index >= 15 is 0 Å². The minimum Gasteiger partial charge on any atom is -0.456 e. The molecule has 0 fully saturated rings.